The highest BCUT2D eigenvalue weighted by molar-refractivity contribution is 7.89. The van der Waals surface area contributed by atoms with Crippen LogP contribution in [0, 0.1) is 11.8 Å². The number of sulfonamides is 1. The van der Waals surface area contributed by atoms with Crippen molar-refractivity contribution in [2.24, 2.45) is 11.8 Å². The summed E-state index contributed by atoms with van der Waals surface area (Å²) in [6.07, 6.45) is 13.6. The monoisotopic (exact) mass is 678 g/mol. The van der Waals surface area contributed by atoms with Gasteiger partial charge in [0.05, 0.1) is 4.90 Å². The van der Waals surface area contributed by atoms with Crippen molar-refractivity contribution >= 4 is 25.9 Å². The molecule has 3 fully saturated rings. The Morgan fingerprint density at radius 1 is 0.717 bits per heavy atom. The Morgan fingerprint density at radius 2 is 1.35 bits per heavy atom. The smallest absolute Gasteiger partial charge is 0.282 e. The Morgan fingerprint density at radius 3 is 1.96 bits per heavy atom. The second-order valence-corrected chi connectivity index (χ2v) is 18.1. The zero-order valence-corrected chi connectivity index (χ0v) is 30.2. The Hall–Kier alpha value is -1.70. The normalized spacial score (nSPS) is 25.2. The van der Waals surface area contributed by atoms with Crippen molar-refractivity contribution in [1.29, 1.82) is 0 Å². The van der Waals surface area contributed by atoms with Crippen LogP contribution in [0.15, 0.2) is 40.9 Å². The standard InChI is InChI=1S/C34H58N6O4S2/c1-30-27-39(45(41,42)34-17-15-32(16-18-34)35(2)3)21-9-19-36(29-31-11-5-4-6-12-31)20-10-22-40(28-30)46(43,44)38-25-23-37(24-26-38)33-13-7-8-14-33/h13,15-18,30-31H,4-12,14,19-29H2,1-3H3/t30-/m0/s1. The van der Waals surface area contributed by atoms with Gasteiger partial charge in [0, 0.05) is 84.4 Å². The van der Waals surface area contributed by atoms with Crippen LogP contribution in [0.25, 0.3) is 0 Å². The van der Waals surface area contributed by atoms with Gasteiger partial charge in [0.15, 0.2) is 0 Å². The minimum atomic E-state index is -3.75. The molecule has 260 valence electrons. The highest BCUT2D eigenvalue weighted by Crippen LogP contribution is 2.27. The summed E-state index contributed by atoms with van der Waals surface area (Å²) in [4.78, 5) is 7.08. The lowest BCUT2D eigenvalue weighted by Crippen LogP contribution is -2.54. The molecular weight excluding hydrogens is 621 g/mol. The summed E-state index contributed by atoms with van der Waals surface area (Å²) >= 11 is 0. The molecule has 1 atom stereocenters. The molecule has 2 heterocycles. The van der Waals surface area contributed by atoms with Crippen LogP contribution in [0.2, 0.25) is 0 Å². The molecule has 2 aliphatic carbocycles. The molecule has 5 rings (SSSR count). The van der Waals surface area contributed by atoms with Crippen LogP contribution in [0.5, 0.6) is 0 Å². The van der Waals surface area contributed by atoms with Crippen LogP contribution in [0.4, 0.5) is 5.69 Å². The minimum absolute atomic E-state index is 0.159. The number of allylic oxidation sites excluding steroid dienone is 2. The van der Waals surface area contributed by atoms with Gasteiger partial charge in [-0.3, -0.25) is 0 Å². The zero-order chi connectivity index (χ0) is 32.7. The van der Waals surface area contributed by atoms with Crippen molar-refractivity contribution in [2.75, 3.05) is 91.0 Å². The third kappa shape index (κ3) is 9.05. The molecule has 2 saturated heterocycles. The Labute approximate surface area is 279 Å². The van der Waals surface area contributed by atoms with Crippen LogP contribution >= 0.6 is 0 Å². The first-order chi connectivity index (χ1) is 22.0. The van der Waals surface area contributed by atoms with Gasteiger partial charge in [-0.25, -0.2) is 8.42 Å². The van der Waals surface area contributed by atoms with Crippen molar-refractivity contribution in [1.82, 2.24) is 22.7 Å². The summed E-state index contributed by atoms with van der Waals surface area (Å²) in [7, 11) is -3.56. The Balaban J connectivity index is 1.34. The summed E-state index contributed by atoms with van der Waals surface area (Å²) in [5.41, 5.74) is 2.31. The van der Waals surface area contributed by atoms with E-state index in [9.17, 15) is 16.8 Å². The first-order valence-electron chi connectivity index (χ1n) is 17.7. The molecular formula is C34H58N6O4S2. The molecule has 1 aromatic carbocycles. The molecule has 0 aromatic heterocycles. The van der Waals surface area contributed by atoms with Crippen molar-refractivity contribution in [3.05, 3.63) is 36.0 Å². The molecule has 4 aliphatic rings. The quantitative estimate of drug-likeness (QED) is 0.406. The van der Waals surface area contributed by atoms with Crippen molar-refractivity contribution < 1.29 is 16.8 Å². The predicted octanol–water partition coefficient (Wildman–Crippen LogP) is 4.29. The molecule has 0 radical (unpaired) electrons. The highest BCUT2D eigenvalue weighted by atomic mass is 32.2. The maximum Gasteiger partial charge on any atom is 0.282 e. The fourth-order valence-corrected chi connectivity index (χ4v) is 11.1. The number of hydrogen-bond donors (Lipinski definition) is 0. The number of nitrogens with zero attached hydrogens (tertiary/aromatic N) is 6. The average molecular weight is 679 g/mol. The predicted molar refractivity (Wildman–Crippen MR) is 187 cm³/mol. The lowest BCUT2D eigenvalue weighted by atomic mass is 9.89. The van der Waals surface area contributed by atoms with Gasteiger partial charge in [0.2, 0.25) is 10.0 Å². The lowest BCUT2D eigenvalue weighted by molar-refractivity contribution is 0.176. The summed E-state index contributed by atoms with van der Waals surface area (Å²) in [6, 6.07) is 7.07. The van der Waals surface area contributed by atoms with Crippen LogP contribution in [-0.4, -0.2) is 126 Å². The van der Waals surface area contributed by atoms with Gasteiger partial charge >= 0.3 is 0 Å². The molecule has 12 heteroatoms. The number of benzene rings is 1. The lowest BCUT2D eigenvalue weighted by Gasteiger charge is -2.39. The van der Waals surface area contributed by atoms with Crippen LogP contribution in [0.1, 0.15) is 71.1 Å². The molecule has 2 aliphatic heterocycles. The van der Waals surface area contributed by atoms with E-state index in [1.165, 1.54) is 44.2 Å². The summed E-state index contributed by atoms with van der Waals surface area (Å²) in [5, 5.41) is 0. The Kier molecular flexibility index (Phi) is 12.5. The number of rotatable bonds is 8. The molecule has 0 bridgehead atoms. The second kappa shape index (κ2) is 16.1. The molecule has 0 spiro atoms. The number of hydrogen-bond acceptors (Lipinski definition) is 7. The van der Waals surface area contributed by atoms with Gasteiger partial charge < -0.3 is 14.7 Å². The maximum atomic E-state index is 14.2. The average Bonchev–Trinajstić information content (AvgIpc) is 3.59. The number of piperazine rings is 1. The summed E-state index contributed by atoms with van der Waals surface area (Å²) < 4.78 is 61.4. The van der Waals surface area contributed by atoms with E-state index in [1.807, 2.05) is 38.1 Å². The van der Waals surface area contributed by atoms with Crippen LogP contribution in [0.3, 0.4) is 0 Å². The maximum absolute atomic E-state index is 14.2. The van der Waals surface area contributed by atoms with Gasteiger partial charge in [-0.1, -0.05) is 32.3 Å². The summed E-state index contributed by atoms with van der Waals surface area (Å²) in [6.45, 7) is 8.56. The third-order valence-corrected chi connectivity index (χ3v) is 14.2. The van der Waals surface area contributed by atoms with Crippen LogP contribution < -0.4 is 4.90 Å². The second-order valence-electron chi connectivity index (χ2n) is 14.2. The van der Waals surface area contributed by atoms with Crippen LogP contribution in [-0.2, 0) is 20.2 Å². The van der Waals surface area contributed by atoms with Gasteiger partial charge in [0.1, 0.15) is 0 Å². The summed E-state index contributed by atoms with van der Waals surface area (Å²) in [5.74, 6) is 0.510. The minimum Gasteiger partial charge on any atom is -0.378 e. The first kappa shape index (κ1) is 35.6. The van der Waals surface area contributed by atoms with Crippen molar-refractivity contribution in [3.63, 3.8) is 0 Å². The fourth-order valence-electron chi connectivity index (χ4n) is 7.71. The van der Waals surface area contributed by atoms with Gasteiger partial charge in [-0.15, -0.1) is 0 Å². The largest absolute Gasteiger partial charge is 0.378 e. The van der Waals surface area contributed by atoms with Crippen molar-refractivity contribution in [2.45, 2.75) is 76.0 Å². The highest BCUT2D eigenvalue weighted by Gasteiger charge is 2.35. The molecule has 0 N–H and O–H groups in total. The third-order valence-electron chi connectivity index (χ3n) is 10.3. The first-order valence-corrected chi connectivity index (χ1v) is 20.6. The SMILES string of the molecule is C[C@H]1CN(S(=O)(=O)c2ccc(N(C)C)cc2)CCCN(CC2CCCCC2)CCCN(S(=O)(=O)N2CCN(C3=CCCC3)CC2)C1. The molecule has 1 saturated carbocycles. The zero-order valence-electron chi connectivity index (χ0n) is 28.5. The van der Waals surface area contributed by atoms with E-state index in [0.717, 1.165) is 64.1 Å². The van der Waals surface area contributed by atoms with Gasteiger partial charge in [0.25, 0.3) is 10.2 Å². The van der Waals surface area contributed by atoms with E-state index >= 15 is 0 Å². The van der Waals surface area contributed by atoms with Crippen molar-refractivity contribution in [3.8, 4) is 0 Å². The van der Waals surface area contributed by atoms with Gasteiger partial charge in [-0.05, 0) is 94.1 Å². The number of anilines is 1. The molecule has 46 heavy (non-hydrogen) atoms. The van der Waals surface area contributed by atoms with E-state index in [4.69, 9.17) is 0 Å². The fraction of sp³-hybridized carbons (Fsp3) is 0.765. The van der Waals surface area contributed by atoms with E-state index in [1.54, 1.807) is 25.0 Å². The Bertz CT molecular complexity index is 1350. The van der Waals surface area contributed by atoms with Gasteiger partial charge in [-0.2, -0.15) is 21.3 Å². The molecule has 0 unspecified atom stereocenters. The molecule has 1 aromatic rings. The van der Waals surface area contributed by atoms with E-state index in [2.05, 4.69) is 15.9 Å². The topological polar surface area (TPSA) is 87.7 Å². The van der Waals surface area contributed by atoms with E-state index < -0.39 is 20.2 Å². The molecule has 10 nitrogen and oxygen atoms in total. The van der Waals surface area contributed by atoms with E-state index in [-0.39, 0.29) is 17.4 Å². The van der Waals surface area contributed by atoms with E-state index in [0.29, 0.717) is 38.6 Å². The molecule has 0 amide bonds.